The molecule has 0 spiro atoms. The first-order valence-electron chi connectivity index (χ1n) is 8.61. The molecule has 1 unspecified atom stereocenters. The fraction of sp³-hybridized carbons (Fsp3) is 0.647. The van der Waals surface area contributed by atoms with E-state index in [9.17, 15) is 8.42 Å². The van der Waals surface area contributed by atoms with Crippen molar-refractivity contribution in [1.82, 2.24) is 9.62 Å². The first-order chi connectivity index (χ1) is 11.5. The van der Waals surface area contributed by atoms with Gasteiger partial charge in [0.05, 0.1) is 4.90 Å². The Bertz CT molecular complexity index is 669. The van der Waals surface area contributed by atoms with E-state index in [4.69, 9.17) is 9.47 Å². The number of fused-ring (bicyclic) bond motifs is 1. The summed E-state index contributed by atoms with van der Waals surface area (Å²) < 4.78 is 39.0. The number of likely N-dealkylation sites (tertiary alicyclic amines) is 1. The lowest BCUT2D eigenvalue weighted by Gasteiger charge is -2.31. The van der Waals surface area contributed by atoms with Crippen LogP contribution < -0.4 is 14.2 Å². The van der Waals surface area contributed by atoms with Crippen LogP contribution in [0.15, 0.2) is 23.1 Å². The van der Waals surface area contributed by atoms with Gasteiger partial charge in [-0.15, -0.1) is 0 Å². The van der Waals surface area contributed by atoms with Gasteiger partial charge in [-0.05, 0) is 44.0 Å². The average molecular weight is 354 g/mol. The van der Waals surface area contributed by atoms with Gasteiger partial charge in [0.25, 0.3) is 0 Å². The van der Waals surface area contributed by atoms with E-state index in [0.29, 0.717) is 37.2 Å². The van der Waals surface area contributed by atoms with E-state index < -0.39 is 10.0 Å². The summed E-state index contributed by atoms with van der Waals surface area (Å²) in [5.41, 5.74) is 0. The van der Waals surface area contributed by atoms with Crippen LogP contribution in [-0.4, -0.2) is 52.2 Å². The highest BCUT2D eigenvalue weighted by Gasteiger charge is 2.27. The zero-order chi connectivity index (χ0) is 17.2. The van der Waals surface area contributed by atoms with Crippen molar-refractivity contribution in [3.63, 3.8) is 0 Å². The van der Waals surface area contributed by atoms with Gasteiger partial charge in [0.2, 0.25) is 10.0 Å². The SMILES string of the molecule is CC(C)C(CNS(=O)(=O)c1ccc2c(c1)OCCO2)N1CCCC1. The fourth-order valence-corrected chi connectivity index (χ4v) is 4.40. The number of nitrogens with one attached hydrogen (secondary N) is 1. The Labute approximate surface area is 144 Å². The maximum atomic E-state index is 12.6. The predicted octanol–water partition coefficient (Wildman–Crippen LogP) is 1.86. The van der Waals surface area contributed by atoms with Crippen LogP contribution in [0.1, 0.15) is 26.7 Å². The summed E-state index contributed by atoms with van der Waals surface area (Å²) >= 11 is 0. The number of benzene rings is 1. The largest absolute Gasteiger partial charge is 0.486 e. The Morgan fingerprint density at radius 2 is 1.79 bits per heavy atom. The predicted molar refractivity (Wildman–Crippen MR) is 92.1 cm³/mol. The summed E-state index contributed by atoms with van der Waals surface area (Å²) in [4.78, 5) is 2.60. The zero-order valence-electron chi connectivity index (χ0n) is 14.3. The highest BCUT2D eigenvalue weighted by Crippen LogP contribution is 2.32. The summed E-state index contributed by atoms with van der Waals surface area (Å²) in [5.74, 6) is 1.48. The molecule has 0 aromatic heterocycles. The van der Waals surface area contributed by atoms with E-state index in [1.165, 1.54) is 18.9 Å². The Kier molecular flexibility index (Phi) is 5.32. The molecule has 1 saturated heterocycles. The second-order valence-electron chi connectivity index (χ2n) is 6.71. The van der Waals surface area contributed by atoms with E-state index in [1.54, 1.807) is 12.1 Å². The van der Waals surface area contributed by atoms with Crippen molar-refractivity contribution < 1.29 is 17.9 Å². The third-order valence-corrected chi connectivity index (χ3v) is 6.11. The minimum absolute atomic E-state index is 0.218. The number of hydrogen-bond acceptors (Lipinski definition) is 5. The van der Waals surface area contributed by atoms with Crippen LogP contribution in [0.2, 0.25) is 0 Å². The standard InChI is InChI=1S/C17H26N2O4S/c1-13(2)15(19-7-3-4-8-19)12-18-24(20,21)14-5-6-16-17(11-14)23-10-9-22-16/h5-6,11,13,15,18H,3-4,7-10,12H2,1-2H3. The van der Waals surface area contributed by atoms with Gasteiger partial charge in [-0.2, -0.15) is 0 Å². The molecule has 0 aliphatic carbocycles. The van der Waals surface area contributed by atoms with Gasteiger partial charge < -0.3 is 9.47 Å². The van der Waals surface area contributed by atoms with Crippen LogP contribution in [0.5, 0.6) is 11.5 Å². The van der Waals surface area contributed by atoms with Crippen molar-refractivity contribution in [3.8, 4) is 11.5 Å². The number of sulfonamides is 1. The van der Waals surface area contributed by atoms with Crippen LogP contribution in [0.25, 0.3) is 0 Å². The minimum Gasteiger partial charge on any atom is -0.486 e. The van der Waals surface area contributed by atoms with Crippen molar-refractivity contribution in [1.29, 1.82) is 0 Å². The number of hydrogen-bond donors (Lipinski definition) is 1. The molecule has 0 saturated carbocycles. The summed E-state index contributed by atoms with van der Waals surface area (Å²) in [6, 6.07) is 4.98. The Morgan fingerprint density at radius 1 is 1.12 bits per heavy atom. The molecule has 0 amide bonds. The van der Waals surface area contributed by atoms with E-state index in [0.717, 1.165) is 13.1 Å². The third kappa shape index (κ3) is 3.84. The molecular formula is C17H26N2O4S. The molecule has 6 nitrogen and oxygen atoms in total. The molecule has 0 bridgehead atoms. The molecule has 1 aromatic carbocycles. The van der Waals surface area contributed by atoms with Crippen LogP contribution in [0.3, 0.4) is 0 Å². The maximum absolute atomic E-state index is 12.6. The quantitative estimate of drug-likeness (QED) is 0.844. The van der Waals surface area contributed by atoms with Gasteiger partial charge in [0.15, 0.2) is 11.5 Å². The summed E-state index contributed by atoms with van der Waals surface area (Å²) in [5, 5.41) is 0. The second-order valence-corrected chi connectivity index (χ2v) is 8.48. The van der Waals surface area contributed by atoms with Crippen molar-refractivity contribution in [3.05, 3.63) is 18.2 Å². The Morgan fingerprint density at radius 3 is 2.46 bits per heavy atom. The van der Waals surface area contributed by atoms with E-state index >= 15 is 0 Å². The molecule has 1 atom stereocenters. The van der Waals surface area contributed by atoms with Crippen LogP contribution >= 0.6 is 0 Å². The molecule has 1 N–H and O–H groups in total. The van der Waals surface area contributed by atoms with Gasteiger partial charge >= 0.3 is 0 Å². The molecule has 0 radical (unpaired) electrons. The van der Waals surface area contributed by atoms with Gasteiger partial charge in [0.1, 0.15) is 13.2 Å². The first kappa shape index (κ1) is 17.5. The van der Waals surface area contributed by atoms with Crippen LogP contribution in [0.4, 0.5) is 0 Å². The fourth-order valence-electron chi connectivity index (χ4n) is 3.33. The van der Waals surface area contributed by atoms with Gasteiger partial charge in [-0.3, -0.25) is 4.90 Å². The molecule has 134 valence electrons. The summed E-state index contributed by atoms with van der Waals surface area (Å²) in [7, 11) is -3.56. The van der Waals surface area contributed by atoms with Crippen LogP contribution in [-0.2, 0) is 10.0 Å². The summed E-state index contributed by atoms with van der Waals surface area (Å²) in [6.45, 7) is 7.73. The minimum atomic E-state index is -3.56. The first-order valence-corrected chi connectivity index (χ1v) is 10.1. The van der Waals surface area contributed by atoms with Gasteiger partial charge in [-0.25, -0.2) is 13.1 Å². The monoisotopic (exact) mass is 354 g/mol. The lowest BCUT2D eigenvalue weighted by atomic mass is 10.0. The third-order valence-electron chi connectivity index (χ3n) is 4.69. The lowest BCUT2D eigenvalue weighted by Crippen LogP contribution is -2.45. The van der Waals surface area contributed by atoms with Crippen molar-refractivity contribution in [2.75, 3.05) is 32.8 Å². The maximum Gasteiger partial charge on any atom is 0.240 e. The highest BCUT2D eigenvalue weighted by atomic mass is 32.2. The molecule has 7 heteroatoms. The Balaban J connectivity index is 1.71. The molecule has 24 heavy (non-hydrogen) atoms. The zero-order valence-corrected chi connectivity index (χ0v) is 15.1. The number of ether oxygens (including phenoxy) is 2. The summed E-state index contributed by atoms with van der Waals surface area (Å²) in [6.07, 6.45) is 2.39. The molecular weight excluding hydrogens is 328 g/mol. The van der Waals surface area contributed by atoms with E-state index in [-0.39, 0.29) is 10.9 Å². The van der Waals surface area contributed by atoms with E-state index in [1.807, 2.05) is 0 Å². The normalized spacial score (nSPS) is 19.6. The number of rotatable bonds is 6. The van der Waals surface area contributed by atoms with Crippen molar-refractivity contribution in [2.24, 2.45) is 5.92 Å². The van der Waals surface area contributed by atoms with E-state index in [2.05, 4.69) is 23.5 Å². The number of nitrogens with zero attached hydrogens (tertiary/aromatic N) is 1. The molecule has 1 aromatic rings. The highest BCUT2D eigenvalue weighted by molar-refractivity contribution is 7.89. The van der Waals surface area contributed by atoms with Gasteiger partial charge in [-0.1, -0.05) is 13.8 Å². The second kappa shape index (κ2) is 7.29. The molecule has 2 heterocycles. The smallest absolute Gasteiger partial charge is 0.240 e. The Hall–Kier alpha value is -1.31. The lowest BCUT2D eigenvalue weighted by molar-refractivity contribution is 0.171. The van der Waals surface area contributed by atoms with Gasteiger partial charge in [0, 0.05) is 18.7 Å². The molecule has 2 aliphatic rings. The topological polar surface area (TPSA) is 67.9 Å². The average Bonchev–Trinajstić information content (AvgIpc) is 3.08. The van der Waals surface area contributed by atoms with Crippen molar-refractivity contribution in [2.45, 2.75) is 37.6 Å². The van der Waals surface area contributed by atoms with Crippen LogP contribution in [0, 0.1) is 5.92 Å². The molecule has 3 rings (SSSR count). The molecule has 1 fully saturated rings. The van der Waals surface area contributed by atoms with Crippen molar-refractivity contribution >= 4 is 10.0 Å². The molecule has 2 aliphatic heterocycles.